The van der Waals surface area contributed by atoms with Crippen LogP contribution in [0.15, 0.2) is 43.1 Å². The van der Waals surface area contributed by atoms with Crippen LogP contribution in [0.4, 0.5) is 18.9 Å². The predicted molar refractivity (Wildman–Crippen MR) is 112 cm³/mol. The van der Waals surface area contributed by atoms with E-state index in [0.29, 0.717) is 43.6 Å². The molecule has 3 N–H and O–H groups in total. The predicted octanol–water partition coefficient (Wildman–Crippen LogP) is 4.38. The van der Waals surface area contributed by atoms with Gasteiger partial charge >= 0.3 is 5.97 Å². The summed E-state index contributed by atoms with van der Waals surface area (Å²) < 4.78 is 47.3. The van der Waals surface area contributed by atoms with E-state index in [-0.39, 0.29) is 29.8 Å². The van der Waals surface area contributed by atoms with Crippen LogP contribution in [0.25, 0.3) is 0 Å². The lowest BCUT2D eigenvalue weighted by molar-refractivity contribution is -0.143. The van der Waals surface area contributed by atoms with Crippen LogP contribution in [-0.4, -0.2) is 23.1 Å². The van der Waals surface area contributed by atoms with Crippen molar-refractivity contribution in [1.82, 2.24) is 0 Å². The monoisotopic (exact) mass is 448 g/mol. The lowest BCUT2D eigenvalue weighted by atomic mass is 9.87. The fraction of sp³-hybridized carbons (Fsp3) is 0.304. The Labute approximate surface area is 183 Å². The van der Waals surface area contributed by atoms with E-state index < -0.39 is 34.9 Å². The fourth-order valence-corrected chi connectivity index (χ4v) is 3.80. The number of nitrogens with zero attached hydrogens (tertiary/aromatic N) is 1. The van der Waals surface area contributed by atoms with Crippen molar-refractivity contribution in [1.29, 1.82) is 0 Å². The number of nitrogens with two attached hydrogens (primary N) is 1. The molecule has 32 heavy (non-hydrogen) atoms. The van der Waals surface area contributed by atoms with Crippen molar-refractivity contribution < 1.29 is 32.6 Å². The van der Waals surface area contributed by atoms with Crippen molar-refractivity contribution in [2.24, 2.45) is 11.7 Å². The summed E-state index contributed by atoms with van der Waals surface area (Å²) in [5.41, 5.74) is 5.42. The molecule has 0 unspecified atom stereocenters. The van der Waals surface area contributed by atoms with E-state index in [1.165, 1.54) is 23.2 Å². The van der Waals surface area contributed by atoms with Gasteiger partial charge in [0.05, 0.1) is 29.8 Å². The Kier molecular flexibility index (Phi) is 7.07. The largest absolute Gasteiger partial charge is 0.490 e. The third-order valence-corrected chi connectivity index (χ3v) is 5.52. The van der Waals surface area contributed by atoms with E-state index in [1.807, 2.05) is 0 Å². The van der Waals surface area contributed by atoms with Gasteiger partial charge in [-0.15, -0.1) is 0 Å². The lowest BCUT2D eigenvalue weighted by Crippen LogP contribution is -2.28. The zero-order valence-electron chi connectivity index (χ0n) is 17.2. The molecule has 9 heteroatoms. The molecule has 3 rings (SSSR count). The third kappa shape index (κ3) is 5.22. The molecule has 0 aliphatic heterocycles. The highest BCUT2D eigenvalue weighted by Gasteiger charge is 2.27. The van der Waals surface area contributed by atoms with E-state index in [9.17, 15) is 22.8 Å². The van der Waals surface area contributed by atoms with Crippen LogP contribution in [0.2, 0.25) is 0 Å². The number of hydrogen-bond donors (Lipinski definition) is 2. The van der Waals surface area contributed by atoms with Crippen LogP contribution in [-0.2, 0) is 11.3 Å². The Bertz CT molecular complexity index is 1010. The summed E-state index contributed by atoms with van der Waals surface area (Å²) in [7, 11) is 0. The summed E-state index contributed by atoms with van der Waals surface area (Å²) in [6.07, 6.45) is 3.20. The molecule has 0 heterocycles. The number of primary amides is 1. The SMILES string of the molecule is C=CN(Cc1c(F)cc(F)cc1F)c1ccc(OC2CCC(C(=O)O)CC2)cc1C(N)=O. The zero-order valence-corrected chi connectivity index (χ0v) is 17.2. The van der Waals surface area contributed by atoms with Gasteiger partial charge in [-0.1, -0.05) is 6.58 Å². The molecule has 0 atom stereocenters. The summed E-state index contributed by atoms with van der Waals surface area (Å²) >= 11 is 0. The zero-order chi connectivity index (χ0) is 23.4. The second-order valence-corrected chi connectivity index (χ2v) is 7.63. The molecule has 0 radical (unpaired) electrons. The second-order valence-electron chi connectivity index (χ2n) is 7.63. The van der Waals surface area contributed by atoms with Gasteiger partial charge in [0.15, 0.2) is 0 Å². The molecular weight excluding hydrogens is 425 g/mol. The van der Waals surface area contributed by atoms with E-state index in [1.54, 1.807) is 6.07 Å². The number of carbonyl (C=O) groups excluding carboxylic acids is 1. The maximum absolute atomic E-state index is 14.1. The van der Waals surface area contributed by atoms with Crippen molar-refractivity contribution >= 4 is 17.6 Å². The number of benzene rings is 2. The number of ether oxygens (including phenoxy) is 1. The molecule has 2 aromatic rings. The van der Waals surface area contributed by atoms with E-state index in [0.717, 1.165) is 0 Å². The Morgan fingerprint density at radius 1 is 1.12 bits per heavy atom. The van der Waals surface area contributed by atoms with Gasteiger partial charge in [-0.05, 0) is 50.1 Å². The number of amides is 1. The van der Waals surface area contributed by atoms with Crippen LogP contribution in [0, 0.1) is 23.4 Å². The summed E-state index contributed by atoms with van der Waals surface area (Å²) in [4.78, 5) is 24.5. The van der Waals surface area contributed by atoms with Crippen LogP contribution in [0.1, 0.15) is 41.6 Å². The van der Waals surface area contributed by atoms with Crippen molar-refractivity contribution in [3.8, 4) is 5.75 Å². The van der Waals surface area contributed by atoms with Crippen LogP contribution < -0.4 is 15.4 Å². The fourth-order valence-electron chi connectivity index (χ4n) is 3.80. The lowest BCUT2D eigenvalue weighted by Gasteiger charge is -2.28. The molecule has 170 valence electrons. The first-order valence-corrected chi connectivity index (χ1v) is 10.1. The Balaban J connectivity index is 1.81. The Morgan fingerprint density at radius 2 is 1.75 bits per heavy atom. The van der Waals surface area contributed by atoms with Gasteiger partial charge in [-0.25, -0.2) is 13.2 Å². The van der Waals surface area contributed by atoms with Crippen molar-refractivity contribution in [3.05, 3.63) is 71.7 Å². The van der Waals surface area contributed by atoms with E-state index in [4.69, 9.17) is 15.6 Å². The van der Waals surface area contributed by atoms with Crippen LogP contribution in [0.5, 0.6) is 5.75 Å². The highest BCUT2D eigenvalue weighted by Crippen LogP contribution is 2.32. The maximum Gasteiger partial charge on any atom is 0.306 e. The first-order valence-electron chi connectivity index (χ1n) is 10.1. The number of hydrogen-bond acceptors (Lipinski definition) is 4. The average Bonchev–Trinajstić information content (AvgIpc) is 2.74. The molecule has 6 nitrogen and oxygen atoms in total. The topological polar surface area (TPSA) is 92.9 Å². The van der Waals surface area contributed by atoms with Crippen molar-refractivity contribution in [3.63, 3.8) is 0 Å². The van der Waals surface area contributed by atoms with Gasteiger partial charge in [0, 0.05) is 17.7 Å². The maximum atomic E-state index is 14.1. The van der Waals surface area contributed by atoms with Gasteiger partial charge in [0.25, 0.3) is 5.91 Å². The summed E-state index contributed by atoms with van der Waals surface area (Å²) in [5, 5.41) is 9.10. The standard InChI is InChI=1S/C23H23F3N2O4/c1-2-28(12-18-19(25)9-14(24)10-20(18)26)21-8-7-16(11-17(21)22(27)29)32-15-5-3-13(4-6-15)23(30)31/h2,7-11,13,15H,1,3-6,12H2,(H2,27,29)(H,30,31). The quantitative estimate of drug-likeness (QED) is 0.626. The number of aliphatic carboxylic acids is 1. The molecule has 2 aromatic carbocycles. The second kappa shape index (κ2) is 9.76. The number of carbonyl (C=O) groups is 2. The van der Waals surface area contributed by atoms with Crippen LogP contribution >= 0.6 is 0 Å². The average molecular weight is 448 g/mol. The van der Waals surface area contributed by atoms with E-state index in [2.05, 4.69) is 6.58 Å². The normalized spacial score (nSPS) is 18.1. The number of rotatable bonds is 8. The Morgan fingerprint density at radius 3 is 2.28 bits per heavy atom. The third-order valence-electron chi connectivity index (χ3n) is 5.52. The first-order chi connectivity index (χ1) is 15.2. The minimum absolute atomic E-state index is 0.0459. The van der Waals surface area contributed by atoms with Gasteiger partial charge in [-0.2, -0.15) is 0 Å². The number of carboxylic acid groups (broad SMARTS) is 1. The smallest absolute Gasteiger partial charge is 0.306 e. The van der Waals surface area contributed by atoms with Gasteiger partial charge in [0.1, 0.15) is 23.2 Å². The summed E-state index contributed by atoms with van der Waals surface area (Å²) in [6, 6.07) is 5.67. The van der Waals surface area contributed by atoms with Crippen molar-refractivity contribution in [2.75, 3.05) is 4.90 Å². The number of anilines is 1. The first kappa shape index (κ1) is 23.2. The number of carboxylic acids is 1. The van der Waals surface area contributed by atoms with Crippen molar-refractivity contribution in [2.45, 2.75) is 38.3 Å². The van der Waals surface area contributed by atoms with E-state index >= 15 is 0 Å². The van der Waals surface area contributed by atoms with Gasteiger partial charge in [0.2, 0.25) is 0 Å². The van der Waals surface area contributed by atoms with Gasteiger partial charge in [-0.3, -0.25) is 9.59 Å². The minimum Gasteiger partial charge on any atom is -0.490 e. The molecule has 1 amide bonds. The molecule has 0 aromatic heterocycles. The molecule has 1 aliphatic carbocycles. The van der Waals surface area contributed by atoms with Crippen LogP contribution in [0.3, 0.4) is 0 Å². The summed E-state index contributed by atoms with van der Waals surface area (Å²) in [6.45, 7) is 3.28. The Hall–Kier alpha value is -3.49. The highest BCUT2D eigenvalue weighted by atomic mass is 19.1. The molecule has 1 aliphatic rings. The minimum atomic E-state index is -1.06. The molecule has 1 saturated carbocycles. The molecule has 1 fully saturated rings. The van der Waals surface area contributed by atoms with Gasteiger partial charge < -0.3 is 20.5 Å². The molecule has 0 spiro atoms. The molecule has 0 saturated heterocycles. The number of halogens is 3. The molecule has 0 bridgehead atoms. The molecular formula is C23H23F3N2O4. The summed E-state index contributed by atoms with van der Waals surface area (Å²) in [5.74, 6) is -4.78. The highest BCUT2D eigenvalue weighted by molar-refractivity contribution is 5.99.